The fourth-order valence-corrected chi connectivity index (χ4v) is 2.33. The van der Waals surface area contributed by atoms with Gasteiger partial charge in [-0.3, -0.25) is 9.59 Å². The lowest BCUT2D eigenvalue weighted by Gasteiger charge is -2.08. The van der Waals surface area contributed by atoms with E-state index in [-0.39, 0.29) is 11.4 Å². The lowest BCUT2D eigenvalue weighted by atomic mass is 10.2. The van der Waals surface area contributed by atoms with Crippen LogP contribution in [0.3, 0.4) is 0 Å². The van der Waals surface area contributed by atoms with Gasteiger partial charge in [0.2, 0.25) is 0 Å². The van der Waals surface area contributed by atoms with Crippen LogP contribution in [-0.2, 0) is 0 Å². The molecule has 0 spiro atoms. The van der Waals surface area contributed by atoms with Crippen LogP contribution in [0.1, 0.15) is 26.5 Å². The van der Waals surface area contributed by atoms with Crippen LogP contribution in [-0.4, -0.2) is 16.8 Å². The molecule has 0 saturated heterocycles. The Balaban J connectivity index is 1.77. The highest BCUT2D eigenvalue weighted by Crippen LogP contribution is 2.20. The minimum Gasteiger partial charge on any atom is -0.321 e. The van der Waals surface area contributed by atoms with Crippen molar-refractivity contribution in [3.63, 3.8) is 0 Å². The molecular weight excluding hydrogens is 371 g/mol. The standard InChI is InChI=1S/C20H14F3N3O2/c1-11-5-7-12(8-6-11)24-19(27)15-3-2-4-16(25-15)20(28)26-14-10-9-13(21)17(22)18(14)23/h2-10H,1H3,(H,24,27)(H,26,28). The van der Waals surface area contributed by atoms with E-state index in [1.54, 1.807) is 12.1 Å². The topological polar surface area (TPSA) is 71.1 Å². The first kappa shape index (κ1) is 19.1. The Hall–Kier alpha value is -3.68. The van der Waals surface area contributed by atoms with E-state index in [4.69, 9.17) is 0 Å². The van der Waals surface area contributed by atoms with Crippen LogP contribution in [0.5, 0.6) is 0 Å². The molecule has 0 fully saturated rings. The summed E-state index contributed by atoms with van der Waals surface area (Å²) >= 11 is 0. The van der Waals surface area contributed by atoms with Crippen LogP contribution >= 0.6 is 0 Å². The first-order valence-electron chi connectivity index (χ1n) is 8.15. The zero-order chi connectivity index (χ0) is 20.3. The number of hydrogen-bond donors (Lipinski definition) is 2. The highest BCUT2D eigenvalue weighted by molar-refractivity contribution is 6.06. The second kappa shape index (κ2) is 7.91. The van der Waals surface area contributed by atoms with E-state index >= 15 is 0 Å². The van der Waals surface area contributed by atoms with Gasteiger partial charge in [0.15, 0.2) is 17.5 Å². The quantitative estimate of drug-likeness (QED) is 0.658. The number of hydrogen-bond acceptors (Lipinski definition) is 3. The van der Waals surface area contributed by atoms with Crippen molar-refractivity contribution in [1.29, 1.82) is 0 Å². The van der Waals surface area contributed by atoms with Gasteiger partial charge in [-0.1, -0.05) is 23.8 Å². The van der Waals surface area contributed by atoms with Gasteiger partial charge in [0.05, 0.1) is 5.69 Å². The van der Waals surface area contributed by atoms with Gasteiger partial charge in [0.1, 0.15) is 11.4 Å². The van der Waals surface area contributed by atoms with E-state index in [0.717, 1.165) is 11.6 Å². The molecule has 0 bridgehead atoms. The third-order valence-corrected chi connectivity index (χ3v) is 3.81. The van der Waals surface area contributed by atoms with Crippen molar-refractivity contribution < 1.29 is 22.8 Å². The van der Waals surface area contributed by atoms with E-state index in [2.05, 4.69) is 15.6 Å². The Kier molecular flexibility index (Phi) is 5.39. The predicted octanol–water partition coefficient (Wildman–Crippen LogP) is 4.31. The summed E-state index contributed by atoms with van der Waals surface area (Å²) in [5.41, 5.74) is 0.801. The van der Waals surface area contributed by atoms with Gasteiger partial charge >= 0.3 is 0 Å². The van der Waals surface area contributed by atoms with Crippen LogP contribution in [0.2, 0.25) is 0 Å². The maximum absolute atomic E-state index is 13.7. The largest absolute Gasteiger partial charge is 0.321 e. The number of carbonyl (C=O) groups excluding carboxylic acids is 2. The number of nitrogens with zero attached hydrogens (tertiary/aromatic N) is 1. The minimum absolute atomic E-state index is 0.0426. The highest BCUT2D eigenvalue weighted by atomic mass is 19.2. The molecule has 2 aromatic carbocycles. The number of rotatable bonds is 4. The molecule has 8 heteroatoms. The van der Waals surface area contributed by atoms with Gasteiger partial charge in [-0.05, 0) is 43.3 Å². The number of amides is 2. The third-order valence-electron chi connectivity index (χ3n) is 3.81. The molecule has 142 valence electrons. The van der Waals surface area contributed by atoms with Crippen LogP contribution < -0.4 is 10.6 Å². The van der Waals surface area contributed by atoms with Crippen molar-refractivity contribution in [1.82, 2.24) is 4.98 Å². The van der Waals surface area contributed by atoms with Crippen molar-refractivity contribution in [3.05, 3.63) is 89.0 Å². The van der Waals surface area contributed by atoms with Gasteiger partial charge in [0.25, 0.3) is 11.8 Å². The number of carbonyl (C=O) groups is 2. The Labute approximate surface area is 158 Å². The Morgan fingerprint density at radius 1 is 0.786 bits per heavy atom. The van der Waals surface area contributed by atoms with E-state index < -0.39 is 35.0 Å². The summed E-state index contributed by atoms with van der Waals surface area (Å²) in [5, 5.41) is 4.74. The maximum Gasteiger partial charge on any atom is 0.274 e. The molecule has 28 heavy (non-hydrogen) atoms. The molecule has 0 aliphatic heterocycles. The molecule has 2 N–H and O–H groups in total. The summed E-state index contributed by atoms with van der Waals surface area (Å²) < 4.78 is 40.0. The molecule has 0 unspecified atom stereocenters. The van der Waals surface area contributed by atoms with Crippen molar-refractivity contribution in [2.24, 2.45) is 0 Å². The molecular formula is C20H14F3N3O2. The smallest absolute Gasteiger partial charge is 0.274 e. The number of nitrogens with one attached hydrogen (secondary N) is 2. The van der Waals surface area contributed by atoms with Gasteiger partial charge < -0.3 is 10.6 Å². The molecule has 5 nitrogen and oxygen atoms in total. The molecule has 0 aliphatic rings. The number of benzene rings is 2. The summed E-state index contributed by atoms with van der Waals surface area (Å²) in [7, 11) is 0. The van der Waals surface area contributed by atoms with Crippen molar-refractivity contribution in [2.75, 3.05) is 10.6 Å². The first-order valence-corrected chi connectivity index (χ1v) is 8.15. The summed E-state index contributed by atoms with van der Waals surface area (Å²) in [6, 6.07) is 12.8. The first-order chi connectivity index (χ1) is 13.3. The number of aryl methyl sites for hydroxylation is 1. The Morgan fingerprint density at radius 3 is 2.04 bits per heavy atom. The molecule has 0 saturated carbocycles. The number of anilines is 2. The van der Waals surface area contributed by atoms with Gasteiger partial charge in [-0.25, -0.2) is 18.2 Å². The lowest BCUT2D eigenvalue weighted by molar-refractivity contribution is 0.101. The van der Waals surface area contributed by atoms with Crippen molar-refractivity contribution in [2.45, 2.75) is 6.92 Å². The normalized spacial score (nSPS) is 10.4. The molecule has 0 atom stereocenters. The molecule has 3 rings (SSSR count). The van der Waals surface area contributed by atoms with Gasteiger partial charge in [0, 0.05) is 5.69 Å². The van der Waals surface area contributed by atoms with E-state index in [1.807, 2.05) is 19.1 Å². The SMILES string of the molecule is Cc1ccc(NC(=O)c2cccc(C(=O)Nc3ccc(F)c(F)c3F)n2)cc1. The summed E-state index contributed by atoms with van der Waals surface area (Å²) in [4.78, 5) is 28.5. The number of halogens is 3. The molecule has 0 radical (unpaired) electrons. The van der Waals surface area contributed by atoms with Crippen LogP contribution in [0, 0.1) is 24.4 Å². The summed E-state index contributed by atoms with van der Waals surface area (Å²) in [6.45, 7) is 1.91. The zero-order valence-electron chi connectivity index (χ0n) is 14.6. The number of pyridine rings is 1. The molecule has 3 aromatic rings. The van der Waals surface area contributed by atoms with E-state index in [1.165, 1.54) is 18.2 Å². The van der Waals surface area contributed by atoms with E-state index in [9.17, 15) is 22.8 Å². The van der Waals surface area contributed by atoms with E-state index in [0.29, 0.717) is 11.8 Å². The molecule has 1 heterocycles. The predicted molar refractivity (Wildman–Crippen MR) is 97.6 cm³/mol. The third kappa shape index (κ3) is 4.17. The van der Waals surface area contributed by atoms with Crippen molar-refractivity contribution >= 4 is 23.2 Å². The van der Waals surface area contributed by atoms with Crippen LogP contribution in [0.15, 0.2) is 54.6 Å². The van der Waals surface area contributed by atoms with Gasteiger partial charge in [-0.2, -0.15) is 0 Å². The summed E-state index contributed by atoms with van der Waals surface area (Å²) in [6.07, 6.45) is 0. The average Bonchev–Trinajstić information content (AvgIpc) is 2.70. The zero-order valence-corrected chi connectivity index (χ0v) is 14.6. The van der Waals surface area contributed by atoms with Crippen molar-refractivity contribution in [3.8, 4) is 0 Å². The molecule has 2 amide bonds. The Bertz CT molecular complexity index is 1050. The number of aromatic nitrogens is 1. The fourth-order valence-electron chi connectivity index (χ4n) is 2.33. The summed E-state index contributed by atoms with van der Waals surface area (Å²) in [5.74, 6) is -6.02. The minimum atomic E-state index is -1.70. The van der Waals surface area contributed by atoms with Crippen LogP contribution in [0.25, 0.3) is 0 Å². The maximum atomic E-state index is 13.7. The highest BCUT2D eigenvalue weighted by Gasteiger charge is 2.17. The molecule has 1 aromatic heterocycles. The van der Waals surface area contributed by atoms with Gasteiger partial charge in [-0.15, -0.1) is 0 Å². The Morgan fingerprint density at radius 2 is 1.39 bits per heavy atom. The monoisotopic (exact) mass is 385 g/mol. The molecule has 0 aliphatic carbocycles. The second-order valence-corrected chi connectivity index (χ2v) is 5.91. The fraction of sp³-hybridized carbons (Fsp3) is 0.0500. The lowest BCUT2D eigenvalue weighted by Crippen LogP contribution is -2.19. The van der Waals surface area contributed by atoms with Crippen LogP contribution in [0.4, 0.5) is 24.5 Å². The second-order valence-electron chi connectivity index (χ2n) is 5.91. The average molecular weight is 385 g/mol.